The highest BCUT2D eigenvalue weighted by Crippen LogP contribution is 2.29. The van der Waals surface area contributed by atoms with E-state index in [1.54, 1.807) is 6.20 Å². The van der Waals surface area contributed by atoms with E-state index < -0.39 is 5.91 Å². The fraction of sp³-hybridized carbons (Fsp3) is 0.273. The molecule has 0 saturated heterocycles. The summed E-state index contributed by atoms with van der Waals surface area (Å²) < 4.78 is 0. The van der Waals surface area contributed by atoms with Crippen LogP contribution in [0.1, 0.15) is 30.3 Å². The number of nitrogens with one attached hydrogen (secondary N) is 3. The largest absolute Gasteiger partial charge is 0.364 e. The summed E-state index contributed by atoms with van der Waals surface area (Å²) in [5.41, 5.74) is 6.97. The van der Waals surface area contributed by atoms with E-state index in [1.165, 1.54) is 6.08 Å². The van der Waals surface area contributed by atoms with Crippen molar-refractivity contribution >= 4 is 40.2 Å². The molecule has 1 aliphatic carbocycles. The topological polar surface area (TPSA) is 148 Å². The number of hydrogen-bond acceptors (Lipinski definition) is 8. The number of aromatic nitrogens is 4. The maximum Gasteiger partial charge on any atom is 0.273 e. The molecule has 3 aromatic rings. The highest BCUT2D eigenvalue weighted by Gasteiger charge is 2.34. The van der Waals surface area contributed by atoms with Crippen molar-refractivity contribution in [1.29, 1.82) is 0 Å². The molecular weight excluding hydrogens is 408 g/mol. The van der Waals surface area contributed by atoms with Crippen LogP contribution in [0.3, 0.4) is 0 Å². The summed E-state index contributed by atoms with van der Waals surface area (Å²) in [6.45, 7) is 5.54. The monoisotopic (exact) mass is 432 g/mol. The smallest absolute Gasteiger partial charge is 0.273 e. The van der Waals surface area contributed by atoms with Crippen LogP contribution in [0.15, 0.2) is 49.2 Å². The number of fused-ring (bicyclic) bond motifs is 1. The van der Waals surface area contributed by atoms with Gasteiger partial charge in [0.15, 0.2) is 11.5 Å². The predicted molar refractivity (Wildman–Crippen MR) is 121 cm³/mol. The Morgan fingerprint density at radius 1 is 1.19 bits per heavy atom. The van der Waals surface area contributed by atoms with E-state index in [0.29, 0.717) is 5.69 Å². The van der Waals surface area contributed by atoms with Gasteiger partial charge in [-0.25, -0.2) is 0 Å². The highest BCUT2D eigenvalue weighted by atomic mass is 16.2. The molecule has 2 amide bonds. The summed E-state index contributed by atoms with van der Waals surface area (Å²) in [7, 11) is 0. The van der Waals surface area contributed by atoms with Crippen molar-refractivity contribution in [3.63, 3.8) is 0 Å². The van der Waals surface area contributed by atoms with E-state index >= 15 is 0 Å². The van der Waals surface area contributed by atoms with Crippen LogP contribution in [0.4, 0.5) is 17.5 Å². The fourth-order valence-corrected chi connectivity index (χ4v) is 3.91. The maximum absolute atomic E-state index is 11.9. The zero-order chi connectivity index (χ0) is 22.7. The first-order valence-corrected chi connectivity index (χ1v) is 10.3. The lowest BCUT2D eigenvalue weighted by Crippen LogP contribution is -2.39. The van der Waals surface area contributed by atoms with Crippen molar-refractivity contribution < 1.29 is 9.59 Å². The molecule has 0 aliphatic heterocycles. The second kappa shape index (κ2) is 8.96. The molecule has 10 nitrogen and oxygen atoms in total. The van der Waals surface area contributed by atoms with Gasteiger partial charge < -0.3 is 21.7 Å². The molecule has 0 radical (unpaired) electrons. The Morgan fingerprint density at radius 2 is 2.00 bits per heavy atom. The number of carbonyl (C=O) groups is 2. The minimum Gasteiger partial charge on any atom is -0.364 e. The van der Waals surface area contributed by atoms with Crippen molar-refractivity contribution in [3.8, 4) is 0 Å². The van der Waals surface area contributed by atoms with Gasteiger partial charge in [-0.1, -0.05) is 19.6 Å². The van der Waals surface area contributed by atoms with Crippen LogP contribution < -0.4 is 21.7 Å². The molecule has 2 aromatic heterocycles. The molecule has 2 heterocycles. The van der Waals surface area contributed by atoms with Crippen LogP contribution >= 0.6 is 0 Å². The third-order valence-electron chi connectivity index (χ3n) is 5.67. The third kappa shape index (κ3) is 4.48. The molecule has 3 atom stereocenters. The number of carbonyl (C=O) groups excluding carboxylic acids is 2. The van der Waals surface area contributed by atoms with Crippen LogP contribution in [0.5, 0.6) is 0 Å². The number of rotatable bonds is 7. The van der Waals surface area contributed by atoms with Crippen LogP contribution in [0.25, 0.3) is 10.9 Å². The van der Waals surface area contributed by atoms with Crippen molar-refractivity contribution in [2.24, 2.45) is 11.7 Å². The Bertz CT molecular complexity index is 1180. The average Bonchev–Trinajstić information content (AvgIpc) is 3.12. The Balaban J connectivity index is 1.54. The first kappa shape index (κ1) is 21.2. The van der Waals surface area contributed by atoms with E-state index in [-0.39, 0.29) is 41.4 Å². The lowest BCUT2D eigenvalue weighted by atomic mass is 10.0. The lowest BCUT2D eigenvalue weighted by molar-refractivity contribution is -0.117. The van der Waals surface area contributed by atoms with Crippen molar-refractivity contribution in [2.75, 3.05) is 10.6 Å². The Labute approximate surface area is 184 Å². The maximum atomic E-state index is 11.9. The van der Waals surface area contributed by atoms with Gasteiger partial charge in [-0.05, 0) is 49.1 Å². The van der Waals surface area contributed by atoms with Crippen LogP contribution in [0, 0.1) is 5.92 Å². The molecule has 0 spiro atoms. The van der Waals surface area contributed by atoms with E-state index in [9.17, 15) is 9.59 Å². The van der Waals surface area contributed by atoms with Gasteiger partial charge in [-0.15, -0.1) is 10.2 Å². The number of amides is 2. The van der Waals surface area contributed by atoms with Gasteiger partial charge in [0.2, 0.25) is 11.9 Å². The third-order valence-corrected chi connectivity index (χ3v) is 5.67. The highest BCUT2D eigenvalue weighted by molar-refractivity contribution is 5.96. The molecule has 1 aromatic carbocycles. The van der Waals surface area contributed by atoms with Gasteiger partial charge >= 0.3 is 0 Å². The number of benzene rings is 1. The van der Waals surface area contributed by atoms with E-state index in [2.05, 4.69) is 42.7 Å². The summed E-state index contributed by atoms with van der Waals surface area (Å²) in [6.07, 6.45) is 4.64. The van der Waals surface area contributed by atoms with Gasteiger partial charge in [0.25, 0.3) is 5.91 Å². The molecule has 1 unspecified atom stereocenters. The van der Waals surface area contributed by atoms with Crippen molar-refractivity contribution in [1.82, 2.24) is 25.5 Å². The minimum atomic E-state index is -0.733. The fourth-order valence-electron chi connectivity index (χ4n) is 3.91. The predicted octanol–water partition coefficient (Wildman–Crippen LogP) is 2.14. The molecule has 0 bridgehead atoms. The van der Waals surface area contributed by atoms with E-state index in [1.807, 2.05) is 37.3 Å². The standard InChI is InChI=1S/C22H24N8O2/c1-3-18(31)26-15-8-9-16(12(15)2)27-22-28-21(19(20(23)32)29-30-22)25-14-6-7-17-13(11-14)5-4-10-24-17/h3-7,10-12,15-16H,1,8-9H2,2H3,(H2,23,32)(H,26,31)(H2,25,27,28,30)/t12-,15?,16+/m0/s1. The van der Waals surface area contributed by atoms with Crippen LogP contribution in [-0.4, -0.2) is 44.1 Å². The van der Waals surface area contributed by atoms with Crippen molar-refractivity contribution in [3.05, 3.63) is 54.9 Å². The van der Waals surface area contributed by atoms with Gasteiger partial charge in [-0.3, -0.25) is 14.6 Å². The Kier molecular flexibility index (Phi) is 5.93. The molecule has 5 N–H and O–H groups in total. The first-order valence-electron chi connectivity index (χ1n) is 10.3. The summed E-state index contributed by atoms with van der Waals surface area (Å²) >= 11 is 0. The quantitative estimate of drug-likeness (QED) is 0.415. The Hall–Kier alpha value is -4.08. The number of hydrogen-bond donors (Lipinski definition) is 4. The van der Waals surface area contributed by atoms with E-state index in [4.69, 9.17) is 5.73 Å². The molecule has 10 heteroatoms. The molecule has 1 saturated carbocycles. The number of anilines is 3. The number of primary amides is 1. The van der Waals surface area contributed by atoms with Gasteiger partial charge in [0.1, 0.15) is 0 Å². The summed E-state index contributed by atoms with van der Waals surface area (Å²) in [5.74, 6) is -0.304. The zero-order valence-electron chi connectivity index (χ0n) is 17.6. The normalized spacial score (nSPS) is 20.0. The second-order valence-electron chi connectivity index (χ2n) is 7.74. The average molecular weight is 432 g/mol. The molecule has 32 heavy (non-hydrogen) atoms. The molecule has 4 rings (SSSR count). The first-order chi connectivity index (χ1) is 15.4. The summed E-state index contributed by atoms with van der Waals surface area (Å²) in [5, 5.41) is 18.3. The SMILES string of the molecule is C=CC(=O)NC1CC[C@@H](Nc2nnc(C(N)=O)c(Nc3ccc4ncccc4c3)n2)[C@H]1C. The lowest BCUT2D eigenvalue weighted by Gasteiger charge is -2.22. The number of pyridine rings is 1. The minimum absolute atomic E-state index is 0.0275. The molecular formula is C22H24N8O2. The van der Waals surface area contributed by atoms with Crippen molar-refractivity contribution in [2.45, 2.75) is 31.8 Å². The summed E-state index contributed by atoms with van der Waals surface area (Å²) in [6, 6.07) is 9.45. The van der Waals surface area contributed by atoms with Gasteiger partial charge in [0.05, 0.1) is 5.52 Å². The Morgan fingerprint density at radius 3 is 2.78 bits per heavy atom. The molecule has 1 aliphatic rings. The van der Waals surface area contributed by atoms with Gasteiger partial charge in [-0.2, -0.15) is 4.98 Å². The van der Waals surface area contributed by atoms with Gasteiger partial charge in [0, 0.05) is 29.4 Å². The molecule has 164 valence electrons. The zero-order valence-corrected chi connectivity index (χ0v) is 17.6. The molecule has 1 fully saturated rings. The summed E-state index contributed by atoms with van der Waals surface area (Å²) in [4.78, 5) is 32.3. The van der Waals surface area contributed by atoms with Crippen LogP contribution in [-0.2, 0) is 4.79 Å². The van der Waals surface area contributed by atoms with Crippen LogP contribution in [0.2, 0.25) is 0 Å². The number of nitrogens with zero attached hydrogens (tertiary/aromatic N) is 4. The number of nitrogens with two attached hydrogens (primary N) is 1. The second-order valence-corrected chi connectivity index (χ2v) is 7.74. The van der Waals surface area contributed by atoms with E-state index in [0.717, 1.165) is 23.7 Å².